The first kappa shape index (κ1) is 19.9. The van der Waals surface area contributed by atoms with Crippen molar-refractivity contribution in [2.75, 3.05) is 31.5 Å². The van der Waals surface area contributed by atoms with E-state index in [1.807, 2.05) is 37.3 Å². The van der Waals surface area contributed by atoms with E-state index < -0.39 is 0 Å². The lowest BCUT2D eigenvalue weighted by Crippen LogP contribution is -2.48. The number of piperazine rings is 1. The Morgan fingerprint density at radius 3 is 2.57 bits per heavy atom. The van der Waals surface area contributed by atoms with Crippen LogP contribution in [0, 0.1) is 18.3 Å². The van der Waals surface area contributed by atoms with E-state index in [9.17, 15) is 10.1 Å². The Bertz CT molecular complexity index is 896. The molecule has 28 heavy (non-hydrogen) atoms. The molecule has 0 aromatic heterocycles. The maximum atomic E-state index is 12.7. The fraction of sp³-hybridized carbons (Fsp3) is 0.273. The van der Waals surface area contributed by atoms with Crippen molar-refractivity contribution in [2.45, 2.75) is 13.5 Å². The highest BCUT2D eigenvalue weighted by atomic mass is 35.5. The van der Waals surface area contributed by atoms with Crippen LogP contribution in [0.5, 0.6) is 0 Å². The number of nitriles is 1. The second-order valence-corrected chi connectivity index (χ2v) is 7.26. The third-order valence-electron chi connectivity index (χ3n) is 4.83. The summed E-state index contributed by atoms with van der Waals surface area (Å²) in [6.07, 6.45) is 1.47. The highest BCUT2D eigenvalue weighted by molar-refractivity contribution is 6.30. The van der Waals surface area contributed by atoms with Gasteiger partial charge < -0.3 is 10.2 Å². The maximum absolute atomic E-state index is 12.7. The fourth-order valence-electron chi connectivity index (χ4n) is 3.16. The zero-order valence-corrected chi connectivity index (χ0v) is 16.6. The van der Waals surface area contributed by atoms with E-state index in [-0.39, 0.29) is 11.5 Å². The third kappa shape index (κ3) is 5.13. The Balaban J connectivity index is 1.58. The minimum absolute atomic E-state index is 0.0934. The first-order valence-corrected chi connectivity index (χ1v) is 9.63. The third-order valence-corrected chi connectivity index (χ3v) is 5.07. The van der Waals surface area contributed by atoms with Gasteiger partial charge in [0.1, 0.15) is 11.6 Å². The predicted octanol–water partition coefficient (Wildman–Crippen LogP) is 3.81. The van der Waals surface area contributed by atoms with Crippen LogP contribution in [0.2, 0.25) is 5.02 Å². The van der Waals surface area contributed by atoms with Crippen LogP contribution in [0.15, 0.2) is 60.3 Å². The van der Waals surface area contributed by atoms with E-state index in [1.165, 1.54) is 11.8 Å². The van der Waals surface area contributed by atoms with Gasteiger partial charge in [-0.1, -0.05) is 48.0 Å². The van der Waals surface area contributed by atoms with Gasteiger partial charge in [0.25, 0.3) is 5.91 Å². The van der Waals surface area contributed by atoms with E-state index in [4.69, 9.17) is 11.6 Å². The van der Waals surface area contributed by atoms with Crippen molar-refractivity contribution in [3.05, 3.63) is 76.5 Å². The highest BCUT2D eigenvalue weighted by Crippen LogP contribution is 2.20. The van der Waals surface area contributed by atoms with Crippen LogP contribution in [-0.2, 0) is 11.3 Å². The Kier molecular flexibility index (Phi) is 6.70. The zero-order chi connectivity index (χ0) is 19.9. The molecule has 1 fully saturated rings. The standard InChI is InChI=1S/C22H23ClN4O/c1-17-7-8-20(23)13-21(17)25-15-19(14-24)22(28)27-11-9-26(10-12-27)16-18-5-3-2-4-6-18/h2-8,13,15,25H,9-12,16H2,1H3/b19-15-. The van der Waals surface area contributed by atoms with Crippen LogP contribution in [0.25, 0.3) is 0 Å². The SMILES string of the molecule is Cc1ccc(Cl)cc1N/C=C(/C#N)C(=O)N1CCN(Cc2ccccc2)CC1. The largest absolute Gasteiger partial charge is 0.360 e. The van der Waals surface area contributed by atoms with Crippen LogP contribution in [0.1, 0.15) is 11.1 Å². The minimum Gasteiger partial charge on any atom is -0.360 e. The molecule has 144 valence electrons. The molecule has 1 aliphatic heterocycles. The van der Waals surface area contributed by atoms with Gasteiger partial charge in [-0.2, -0.15) is 5.26 Å². The molecule has 3 rings (SSSR count). The van der Waals surface area contributed by atoms with E-state index in [0.717, 1.165) is 30.9 Å². The molecular weight excluding hydrogens is 372 g/mol. The molecule has 2 aromatic carbocycles. The number of hydrogen-bond acceptors (Lipinski definition) is 4. The molecule has 6 heteroatoms. The molecule has 0 unspecified atom stereocenters. The summed E-state index contributed by atoms with van der Waals surface area (Å²) in [5.74, 6) is -0.242. The molecule has 0 radical (unpaired) electrons. The molecule has 0 spiro atoms. The number of hydrogen-bond donors (Lipinski definition) is 1. The van der Waals surface area contributed by atoms with Gasteiger partial charge >= 0.3 is 0 Å². The number of nitrogens with zero attached hydrogens (tertiary/aromatic N) is 3. The number of anilines is 1. The molecule has 5 nitrogen and oxygen atoms in total. The van der Waals surface area contributed by atoms with Crippen LogP contribution >= 0.6 is 11.6 Å². The van der Waals surface area contributed by atoms with Gasteiger partial charge in [0.15, 0.2) is 0 Å². The number of carbonyl (C=O) groups is 1. The summed E-state index contributed by atoms with van der Waals surface area (Å²) in [4.78, 5) is 16.8. The monoisotopic (exact) mass is 394 g/mol. The summed E-state index contributed by atoms with van der Waals surface area (Å²) in [6.45, 7) is 5.62. The number of benzene rings is 2. The van der Waals surface area contributed by atoms with E-state index in [2.05, 4.69) is 22.3 Å². The van der Waals surface area contributed by atoms with Gasteiger partial charge in [0.2, 0.25) is 0 Å². The number of aryl methyl sites for hydroxylation is 1. The van der Waals surface area contributed by atoms with Crippen LogP contribution < -0.4 is 5.32 Å². The molecule has 2 aromatic rings. The number of amides is 1. The predicted molar refractivity (Wildman–Crippen MR) is 112 cm³/mol. The Morgan fingerprint density at radius 2 is 1.89 bits per heavy atom. The zero-order valence-electron chi connectivity index (χ0n) is 15.9. The lowest BCUT2D eigenvalue weighted by Gasteiger charge is -2.34. The summed E-state index contributed by atoms with van der Waals surface area (Å²) in [7, 11) is 0. The van der Waals surface area contributed by atoms with E-state index in [0.29, 0.717) is 18.1 Å². The van der Waals surface area contributed by atoms with Crippen molar-refractivity contribution in [1.29, 1.82) is 5.26 Å². The topological polar surface area (TPSA) is 59.4 Å². The van der Waals surface area contributed by atoms with Gasteiger partial charge in [-0.25, -0.2) is 0 Å². The quantitative estimate of drug-likeness (QED) is 0.618. The highest BCUT2D eigenvalue weighted by Gasteiger charge is 2.23. The normalized spacial score (nSPS) is 15.2. The molecule has 0 saturated carbocycles. The van der Waals surface area contributed by atoms with Crippen molar-refractivity contribution < 1.29 is 4.79 Å². The Hall–Kier alpha value is -2.81. The van der Waals surface area contributed by atoms with Crippen molar-refractivity contribution in [3.8, 4) is 6.07 Å². The number of nitrogens with one attached hydrogen (secondary N) is 1. The minimum atomic E-state index is -0.242. The molecule has 1 heterocycles. The molecule has 1 saturated heterocycles. The average Bonchev–Trinajstić information content (AvgIpc) is 2.72. The summed E-state index contributed by atoms with van der Waals surface area (Å²) in [6, 6.07) is 17.8. The van der Waals surface area contributed by atoms with Gasteiger partial charge in [-0.15, -0.1) is 0 Å². The average molecular weight is 395 g/mol. The number of carbonyl (C=O) groups excluding carboxylic acids is 1. The smallest absolute Gasteiger partial charge is 0.266 e. The van der Waals surface area contributed by atoms with Crippen molar-refractivity contribution in [2.24, 2.45) is 0 Å². The maximum Gasteiger partial charge on any atom is 0.266 e. The van der Waals surface area contributed by atoms with Gasteiger partial charge in [-0.05, 0) is 30.2 Å². The van der Waals surface area contributed by atoms with Crippen LogP contribution in [-0.4, -0.2) is 41.9 Å². The second-order valence-electron chi connectivity index (χ2n) is 6.83. The van der Waals surface area contributed by atoms with E-state index in [1.54, 1.807) is 17.0 Å². The molecule has 1 amide bonds. The van der Waals surface area contributed by atoms with Crippen LogP contribution in [0.4, 0.5) is 5.69 Å². The van der Waals surface area contributed by atoms with Gasteiger partial charge in [0.05, 0.1) is 0 Å². The van der Waals surface area contributed by atoms with Crippen molar-refractivity contribution >= 4 is 23.2 Å². The van der Waals surface area contributed by atoms with Crippen LogP contribution in [0.3, 0.4) is 0 Å². The summed E-state index contributed by atoms with van der Waals surface area (Å²) in [5.41, 5.74) is 3.12. The second kappa shape index (κ2) is 9.41. The number of rotatable bonds is 5. The fourth-order valence-corrected chi connectivity index (χ4v) is 3.33. The summed E-state index contributed by atoms with van der Waals surface area (Å²) >= 11 is 6.02. The van der Waals surface area contributed by atoms with E-state index >= 15 is 0 Å². The number of halogens is 1. The lowest BCUT2D eigenvalue weighted by molar-refractivity contribution is -0.128. The molecule has 1 aliphatic rings. The van der Waals surface area contributed by atoms with Gasteiger partial charge in [0, 0.05) is 49.6 Å². The van der Waals surface area contributed by atoms with Gasteiger partial charge in [-0.3, -0.25) is 9.69 Å². The lowest BCUT2D eigenvalue weighted by atomic mass is 10.2. The van der Waals surface area contributed by atoms with Crippen molar-refractivity contribution in [1.82, 2.24) is 9.80 Å². The molecule has 0 atom stereocenters. The molecular formula is C22H23ClN4O. The molecule has 1 N–H and O–H groups in total. The van der Waals surface area contributed by atoms with Crippen molar-refractivity contribution in [3.63, 3.8) is 0 Å². The summed E-state index contributed by atoms with van der Waals surface area (Å²) in [5, 5.41) is 13.1. The first-order chi connectivity index (χ1) is 13.6. The first-order valence-electron chi connectivity index (χ1n) is 9.25. The summed E-state index contributed by atoms with van der Waals surface area (Å²) < 4.78 is 0. The molecule has 0 bridgehead atoms. The Morgan fingerprint density at radius 1 is 1.18 bits per heavy atom. The Labute approximate surface area is 170 Å². The molecule has 0 aliphatic carbocycles.